The van der Waals surface area contributed by atoms with E-state index in [0.29, 0.717) is 12.6 Å². The van der Waals surface area contributed by atoms with Gasteiger partial charge in [-0.2, -0.15) is 0 Å². The number of hydrogen-bond donors (Lipinski definition) is 1. The quantitative estimate of drug-likeness (QED) is 0.895. The predicted octanol–water partition coefficient (Wildman–Crippen LogP) is 1.65. The first-order valence-corrected chi connectivity index (χ1v) is 6.97. The molecular formula is C15H23N3O. The fourth-order valence-electron chi connectivity index (χ4n) is 2.46. The molecule has 1 amide bonds. The molecule has 1 aliphatic rings. The molecule has 1 fully saturated rings. The average molecular weight is 261 g/mol. The minimum Gasteiger partial charge on any atom is -0.376 e. The highest BCUT2D eigenvalue weighted by molar-refractivity contribution is 5.81. The molecule has 0 aliphatic carbocycles. The second-order valence-corrected chi connectivity index (χ2v) is 5.10. The lowest BCUT2D eigenvalue weighted by Crippen LogP contribution is -2.54. The molecule has 1 N–H and O–H groups in total. The molecule has 0 saturated carbocycles. The van der Waals surface area contributed by atoms with Crippen LogP contribution in [0.2, 0.25) is 0 Å². The van der Waals surface area contributed by atoms with Crippen LogP contribution in [-0.4, -0.2) is 55.0 Å². The molecule has 0 spiro atoms. The third-order valence-corrected chi connectivity index (χ3v) is 3.82. The molecule has 1 unspecified atom stereocenters. The maximum Gasteiger partial charge on any atom is 0.241 e. The van der Waals surface area contributed by atoms with E-state index in [1.165, 1.54) is 0 Å². The maximum absolute atomic E-state index is 12.2. The normalized spacial score (nSPS) is 20.3. The standard InChI is InChI=1S/C15H23N3O/c1-3-14-12-18(10-9-17(14)2)15(19)11-16-13-7-5-4-6-8-13/h4-8,14,16H,3,9-12H2,1-2H3. The van der Waals surface area contributed by atoms with Crippen molar-refractivity contribution in [2.24, 2.45) is 0 Å². The number of benzene rings is 1. The van der Waals surface area contributed by atoms with E-state index < -0.39 is 0 Å². The molecule has 2 rings (SSSR count). The third kappa shape index (κ3) is 3.70. The Morgan fingerprint density at radius 2 is 2.05 bits per heavy atom. The number of piperazine rings is 1. The van der Waals surface area contributed by atoms with Crippen LogP contribution in [0.25, 0.3) is 0 Å². The lowest BCUT2D eigenvalue weighted by atomic mass is 10.1. The van der Waals surface area contributed by atoms with Crippen LogP contribution < -0.4 is 5.32 Å². The van der Waals surface area contributed by atoms with Crippen LogP contribution in [0.1, 0.15) is 13.3 Å². The SMILES string of the molecule is CCC1CN(C(=O)CNc2ccccc2)CCN1C. The summed E-state index contributed by atoms with van der Waals surface area (Å²) in [5.41, 5.74) is 0.997. The van der Waals surface area contributed by atoms with Gasteiger partial charge in [0.1, 0.15) is 0 Å². The number of rotatable bonds is 4. The zero-order valence-electron chi connectivity index (χ0n) is 11.8. The van der Waals surface area contributed by atoms with Gasteiger partial charge < -0.3 is 10.2 Å². The number of hydrogen-bond acceptors (Lipinski definition) is 3. The number of likely N-dealkylation sites (N-methyl/N-ethyl adjacent to an activating group) is 1. The molecule has 1 saturated heterocycles. The summed E-state index contributed by atoms with van der Waals surface area (Å²) in [4.78, 5) is 16.5. The Morgan fingerprint density at radius 1 is 1.32 bits per heavy atom. The van der Waals surface area contributed by atoms with Crippen molar-refractivity contribution in [1.82, 2.24) is 9.80 Å². The van der Waals surface area contributed by atoms with Crippen molar-refractivity contribution < 1.29 is 4.79 Å². The summed E-state index contributed by atoms with van der Waals surface area (Å²) in [5.74, 6) is 0.190. The smallest absolute Gasteiger partial charge is 0.241 e. The molecule has 4 heteroatoms. The van der Waals surface area contributed by atoms with E-state index in [1.807, 2.05) is 35.2 Å². The van der Waals surface area contributed by atoms with E-state index in [1.54, 1.807) is 0 Å². The molecule has 0 bridgehead atoms. The second kappa shape index (κ2) is 6.57. The summed E-state index contributed by atoms with van der Waals surface area (Å²) in [5, 5.41) is 3.18. The van der Waals surface area contributed by atoms with Gasteiger partial charge in [0, 0.05) is 31.4 Å². The van der Waals surface area contributed by atoms with Crippen molar-refractivity contribution in [2.45, 2.75) is 19.4 Å². The molecule has 104 valence electrons. The second-order valence-electron chi connectivity index (χ2n) is 5.10. The Hall–Kier alpha value is -1.55. The first-order chi connectivity index (χ1) is 9.20. The molecule has 1 heterocycles. The third-order valence-electron chi connectivity index (χ3n) is 3.82. The van der Waals surface area contributed by atoms with Gasteiger partial charge in [0.05, 0.1) is 6.54 Å². The van der Waals surface area contributed by atoms with Gasteiger partial charge in [-0.25, -0.2) is 0 Å². The van der Waals surface area contributed by atoms with Gasteiger partial charge in [0.25, 0.3) is 0 Å². The van der Waals surface area contributed by atoms with Crippen molar-refractivity contribution in [3.05, 3.63) is 30.3 Å². The lowest BCUT2D eigenvalue weighted by Gasteiger charge is -2.39. The Bertz CT molecular complexity index is 407. The highest BCUT2D eigenvalue weighted by atomic mass is 16.2. The topological polar surface area (TPSA) is 35.6 Å². The molecule has 0 aromatic heterocycles. The van der Waals surface area contributed by atoms with Gasteiger partial charge in [-0.3, -0.25) is 9.69 Å². The van der Waals surface area contributed by atoms with Gasteiger partial charge in [-0.1, -0.05) is 25.1 Å². The number of amides is 1. The van der Waals surface area contributed by atoms with E-state index in [2.05, 4.69) is 24.2 Å². The van der Waals surface area contributed by atoms with Gasteiger partial charge in [0.15, 0.2) is 0 Å². The molecule has 1 aliphatic heterocycles. The van der Waals surface area contributed by atoms with Gasteiger partial charge in [-0.15, -0.1) is 0 Å². The Kier molecular flexibility index (Phi) is 4.80. The molecule has 1 aromatic rings. The summed E-state index contributed by atoms with van der Waals surface area (Å²) in [7, 11) is 2.14. The number of carbonyl (C=O) groups is 1. The molecule has 0 radical (unpaired) electrons. The first kappa shape index (κ1) is 13.9. The van der Waals surface area contributed by atoms with Crippen LogP contribution in [0.4, 0.5) is 5.69 Å². The highest BCUT2D eigenvalue weighted by Crippen LogP contribution is 2.11. The van der Waals surface area contributed by atoms with E-state index in [4.69, 9.17) is 0 Å². The molecule has 4 nitrogen and oxygen atoms in total. The van der Waals surface area contributed by atoms with E-state index in [0.717, 1.165) is 31.7 Å². The minimum absolute atomic E-state index is 0.190. The van der Waals surface area contributed by atoms with Crippen LogP contribution in [0, 0.1) is 0 Å². The van der Waals surface area contributed by atoms with Gasteiger partial charge >= 0.3 is 0 Å². The van der Waals surface area contributed by atoms with Crippen molar-refractivity contribution in [3.8, 4) is 0 Å². The van der Waals surface area contributed by atoms with E-state index in [-0.39, 0.29) is 5.91 Å². The molecular weight excluding hydrogens is 238 g/mol. The molecule has 19 heavy (non-hydrogen) atoms. The summed E-state index contributed by atoms with van der Waals surface area (Å²) in [6.07, 6.45) is 1.09. The summed E-state index contributed by atoms with van der Waals surface area (Å²) >= 11 is 0. The Balaban J connectivity index is 1.83. The van der Waals surface area contributed by atoms with E-state index >= 15 is 0 Å². The van der Waals surface area contributed by atoms with Crippen molar-refractivity contribution in [2.75, 3.05) is 38.5 Å². The maximum atomic E-state index is 12.2. The zero-order chi connectivity index (χ0) is 13.7. The monoisotopic (exact) mass is 261 g/mol. The average Bonchev–Trinajstić information content (AvgIpc) is 2.46. The zero-order valence-corrected chi connectivity index (χ0v) is 11.8. The summed E-state index contributed by atoms with van der Waals surface area (Å²) < 4.78 is 0. The largest absolute Gasteiger partial charge is 0.376 e. The van der Waals surface area contributed by atoms with Crippen LogP contribution in [-0.2, 0) is 4.79 Å². The minimum atomic E-state index is 0.190. The summed E-state index contributed by atoms with van der Waals surface area (Å²) in [6.45, 7) is 5.21. The summed E-state index contributed by atoms with van der Waals surface area (Å²) in [6, 6.07) is 10.4. The van der Waals surface area contributed by atoms with Gasteiger partial charge in [-0.05, 0) is 25.6 Å². The Labute approximate surface area is 115 Å². The Morgan fingerprint density at radius 3 is 2.74 bits per heavy atom. The number of nitrogens with one attached hydrogen (secondary N) is 1. The first-order valence-electron chi connectivity index (χ1n) is 6.97. The number of para-hydroxylation sites is 1. The predicted molar refractivity (Wildman–Crippen MR) is 78.2 cm³/mol. The fraction of sp³-hybridized carbons (Fsp3) is 0.533. The van der Waals surface area contributed by atoms with Crippen LogP contribution >= 0.6 is 0 Å². The fourth-order valence-corrected chi connectivity index (χ4v) is 2.46. The van der Waals surface area contributed by atoms with E-state index in [9.17, 15) is 4.79 Å². The van der Waals surface area contributed by atoms with Crippen molar-refractivity contribution in [1.29, 1.82) is 0 Å². The molecule has 1 atom stereocenters. The van der Waals surface area contributed by atoms with Gasteiger partial charge in [0.2, 0.25) is 5.91 Å². The number of nitrogens with zero attached hydrogens (tertiary/aromatic N) is 2. The molecule has 1 aromatic carbocycles. The number of anilines is 1. The van der Waals surface area contributed by atoms with Crippen LogP contribution in [0.5, 0.6) is 0 Å². The van der Waals surface area contributed by atoms with Crippen LogP contribution in [0.3, 0.4) is 0 Å². The van der Waals surface area contributed by atoms with Crippen LogP contribution in [0.15, 0.2) is 30.3 Å². The lowest BCUT2D eigenvalue weighted by molar-refractivity contribution is -0.132. The van der Waals surface area contributed by atoms with Crippen molar-refractivity contribution >= 4 is 11.6 Å². The van der Waals surface area contributed by atoms with Crippen molar-refractivity contribution in [3.63, 3.8) is 0 Å². The number of carbonyl (C=O) groups excluding carboxylic acids is 1. The highest BCUT2D eigenvalue weighted by Gasteiger charge is 2.25.